The van der Waals surface area contributed by atoms with Gasteiger partial charge in [-0.2, -0.15) is 5.10 Å². The fourth-order valence-corrected chi connectivity index (χ4v) is 5.75. The Hall–Kier alpha value is -2.34. The Bertz CT molecular complexity index is 829. The van der Waals surface area contributed by atoms with Crippen LogP contribution in [0.4, 0.5) is 0 Å². The summed E-state index contributed by atoms with van der Waals surface area (Å²) in [5.74, 6) is 1.51. The fourth-order valence-electron chi connectivity index (χ4n) is 5.75. The van der Waals surface area contributed by atoms with E-state index in [1.807, 2.05) is 24.5 Å². The Morgan fingerprint density at radius 2 is 2.11 bits per heavy atom. The predicted octanol–water partition coefficient (Wildman–Crippen LogP) is 2.53. The number of hydrogen-bond acceptors (Lipinski definition) is 4. The molecular formula is C22H28N4O2. The molecule has 1 aromatic heterocycles. The summed E-state index contributed by atoms with van der Waals surface area (Å²) in [4.78, 5) is 18.0. The fraction of sp³-hybridized carbons (Fsp3) is 0.545. The highest BCUT2D eigenvalue weighted by atomic mass is 16.3. The maximum atomic E-state index is 13.2. The van der Waals surface area contributed by atoms with Gasteiger partial charge in [-0.3, -0.25) is 14.8 Å². The predicted molar refractivity (Wildman–Crippen MR) is 106 cm³/mol. The van der Waals surface area contributed by atoms with E-state index in [9.17, 15) is 9.90 Å². The molecule has 2 bridgehead atoms. The summed E-state index contributed by atoms with van der Waals surface area (Å²) in [6, 6.07) is 8.37. The molecule has 0 radical (unpaired) electrons. The molecule has 6 rings (SSSR count). The van der Waals surface area contributed by atoms with Crippen molar-refractivity contribution in [3.05, 3.63) is 47.8 Å². The largest absolute Gasteiger partial charge is 0.508 e. The van der Waals surface area contributed by atoms with Gasteiger partial charge in [0, 0.05) is 31.1 Å². The minimum Gasteiger partial charge on any atom is -0.508 e. The molecule has 6 nitrogen and oxygen atoms in total. The molecule has 4 saturated heterocycles. The number of amides is 1. The van der Waals surface area contributed by atoms with Crippen LogP contribution in [0.15, 0.2) is 36.7 Å². The van der Waals surface area contributed by atoms with Gasteiger partial charge in [-0.1, -0.05) is 12.1 Å². The van der Waals surface area contributed by atoms with Crippen molar-refractivity contribution in [1.82, 2.24) is 20.0 Å². The van der Waals surface area contributed by atoms with E-state index in [-0.39, 0.29) is 11.8 Å². The molecule has 5 heterocycles. The van der Waals surface area contributed by atoms with Gasteiger partial charge in [-0.25, -0.2) is 0 Å². The standard InChI is InChI=1S/C22H28N4O2/c27-18-5-2-4-17(11-18)19-14-26(20(28)6-1-3-15-12-23-24-13-15)21-16-7-9-25(10-8-16)22(19)21/h2,4-5,11-13,16,19,21-22,27H,1,3,6-10,14H2,(H,23,24)/t19-,21+,22+/m0/s1. The molecule has 3 atom stereocenters. The monoisotopic (exact) mass is 380 g/mol. The van der Waals surface area contributed by atoms with Crippen molar-refractivity contribution in [3.63, 3.8) is 0 Å². The minimum absolute atomic E-state index is 0.287. The molecule has 28 heavy (non-hydrogen) atoms. The van der Waals surface area contributed by atoms with Crippen LogP contribution in [0, 0.1) is 5.92 Å². The number of likely N-dealkylation sites (tertiary alicyclic amines) is 1. The van der Waals surface area contributed by atoms with E-state index in [1.54, 1.807) is 6.07 Å². The number of hydrogen-bond donors (Lipinski definition) is 2. The van der Waals surface area contributed by atoms with Crippen molar-refractivity contribution in [2.45, 2.75) is 50.1 Å². The van der Waals surface area contributed by atoms with Crippen LogP contribution in [0.1, 0.15) is 42.7 Å². The van der Waals surface area contributed by atoms with E-state index in [0.29, 0.717) is 30.2 Å². The normalized spacial score (nSPS) is 31.1. The van der Waals surface area contributed by atoms with Gasteiger partial charge >= 0.3 is 0 Å². The molecule has 2 aromatic rings. The second kappa shape index (κ2) is 7.24. The quantitative estimate of drug-likeness (QED) is 0.836. The van der Waals surface area contributed by atoms with E-state index in [0.717, 1.165) is 43.6 Å². The third kappa shape index (κ3) is 3.09. The van der Waals surface area contributed by atoms with E-state index < -0.39 is 0 Å². The van der Waals surface area contributed by atoms with Crippen LogP contribution < -0.4 is 0 Å². The molecule has 0 saturated carbocycles. The lowest BCUT2D eigenvalue weighted by molar-refractivity contribution is -0.136. The van der Waals surface area contributed by atoms with Crippen LogP contribution in [-0.4, -0.2) is 62.7 Å². The Balaban J connectivity index is 1.35. The van der Waals surface area contributed by atoms with Crippen molar-refractivity contribution in [2.75, 3.05) is 19.6 Å². The number of fused-ring (bicyclic) bond motifs is 2. The second-order valence-electron chi connectivity index (χ2n) is 8.56. The zero-order valence-corrected chi connectivity index (χ0v) is 16.1. The van der Waals surface area contributed by atoms with Crippen molar-refractivity contribution in [2.24, 2.45) is 5.92 Å². The van der Waals surface area contributed by atoms with E-state index in [2.05, 4.69) is 26.1 Å². The number of phenols is 1. The van der Waals surface area contributed by atoms with Crippen LogP contribution >= 0.6 is 0 Å². The van der Waals surface area contributed by atoms with Crippen LogP contribution in [0.2, 0.25) is 0 Å². The molecule has 2 N–H and O–H groups in total. The highest BCUT2D eigenvalue weighted by Crippen LogP contribution is 2.47. The minimum atomic E-state index is 0.287. The molecule has 4 fully saturated rings. The lowest BCUT2D eigenvalue weighted by atomic mass is 9.75. The molecule has 4 aliphatic heterocycles. The topological polar surface area (TPSA) is 72.5 Å². The van der Waals surface area contributed by atoms with Gasteiger partial charge < -0.3 is 10.0 Å². The maximum absolute atomic E-state index is 13.2. The zero-order valence-electron chi connectivity index (χ0n) is 16.1. The molecule has 6 heteroatoms. The first-order chi connectivity index (χ1) is 13.7. The zero-order chi connectivity index (χ0) is 19.1. The summed E-state index contributed by atoms with van der Waals surface area (Å²) in [5, 5.41) is 16.8. The number of carbonyl (C=O) groups is 1. The molecule has 1 amide bonds. The second-order valence-corrected chi connectivity index (χ2v) is 8.56. The number of nitrogens with zero attached hydrogens (tertiary/aromatic N) is 3. The van der Waals surface area contributed by atoms with Gasteiger partial charge in [-0.15, -0.1) is 0 Å². The summed E-state index contributed by atoms with van der Waals surface area (Å²) in [6.07, 6.45) is 8.48. The molecule has 4 aliphatic rings. The number of rotatable bonds is 5. The number of phenolic OH excluding ortho intramolecular Hbond substituents is 1. The Labute approximate surface area is 165 Å². The summed E-state index contributed by atoms with van der Waals surface area (Å²) < 4.78 is 0. The summed E-state index contributed by atoms with van der Waals surface area (Å²) in [5.41, 5.74) is 2.32. The third-order valence-corrected chi connectivity index (χ3v) is 7.02. The molecule has 0 aliphatic carbocycles. The molecular weight excluding hydrogens is 352 g/mol. The average Bonchev–Trinajstić information content (AvgIpc) is 3.38. The average molecular weight is 380 g/mol. The molecule has 1 aromatic carbocycles. The van der Waals surface area contributed by atoms with Crippen molar-refractivity contribution < 1.29 is 9.90 Å². The Morgan fingerprint density at radius 3 is 2.86 bits per heavy atom. The first-order valence-corrected chi connectivity index (χ1v) is 10.5. The van der Waals surface area contributed by atoms with E-state index in [1.165, 1.54) is 12.8 Å². The first kappa shape index (κ1) is 17.7. The lowest BCUT2D eigenvalue weighted by Gasteiger charge is -2.51. The summed E-state index contributed by atoms with van der Waals surface area (Å²) >= 11 is 0. The lowest BCUT2D eigenvalue weighted by Crippen LogP contribution is -2.60. The summed E-state index contributed by atoms with van der Waals surface area (Å²) in [6.45, 7) is 3.06. The van der Waals surface area contributed by atoms with Crippen molar-refractivity contribution >= 4 is 5.91 Å². The smallest absolute Gasteiger partial charge is 0.222 e. The van der Waals surface area contributed by atoms with Gasteiger partial charge in [0.2, 0.25) is 5.91 Å². The van der Waals surface area contributed by atoms with Gasteiger partial charge in [0.05, 0.1) is 12.2 Å². The molecule has 148 valence electrons. The number of aromatic hydroxyl groups is 1. The number of carbonyl (C=O) groups excluding carboxylic acids is 1. The number of aromatic nitrogens is 2. The summed E-state index contributed by atoms with van der Waals surface area (Å²) in [7, 11) is 0. The van der Waals surface area contributed by atoms with Gasteiger partial charge in [0.15, 0.2) is 0 Å². The molecule has 0 spiro atoms. The van der Waals surface area contributed by atoms with Crippen LogP contribution in [0.5, 0.6) is 5.75 Å². The van der Waals surface area contributed by atoms with Crippen LogP contribution in [0.3, 0.4) is 0 Å². The highest BCUT2D eigenvalue weighted by Gasteiger charge is 2.54. The maximum Gasteiger partial charge on any atom is 0.222 e. The Morgan fingerprint density at radius 1 is 1.25 bits per heavy atom. The number of aromatic amines is 1. The SMILES string of the molecule is O=C(CCCc1cn[nH]c1)N1C[C@@H](c2cccc(O)c2)[C@@H]2[C@H]1C1CCN2CC1. The van der Waals surface area contributed by atoms with Gasteiger partial charge in [0.25, 0.3) is 0 Å². The molecule has 0 unspecified atom stereocenters. The van der Waals surface area contributed by atoms with Gasteiger partial charge in [-0.05, 0) is 68.0 Å². The number of aryl methyl sites for hydroxylation is 1. The number of piperidine rings is 3. The van der Waals surface area contributed by atoms with E-state index in [4.69, 9.17) is 0 Å². The highest BCUT2D eigenvalue weighted by molar-refractivity contribution is 5.77. The van der Waals surface area contributed by atoms with Crippen molar-refractivity contribution in [1.29, 1.82) is 0 Å². The number of H-pyrrole nitrogens is 1. The van der Waals surface area contributed by atoms with Crippen molar-refractivity contribution in [3.8, 4) is 5.75 Å². The number of nitrogens with one attached hydrogen (secondary N) is 1. The van der Waals surface area contributed by atoms with Crippen LogP contribution in [-0.2, 0) is 11.2 Å². The van der Waals surface area contributed by atoms with Gasteiger partial charge in [0.1, 0.15) is 5.75 Å². The van der Waals surface area contributed by atoms with E-state index >= 15 is 0 Å². The van der Waals surface area contributed by atoms with Crippen LogP contribution in [0.25, 0.3) is 0 Å². The number of benzene rings is 1. The first-order valence-electron chi connectivity index (χ1n) is 10.5. The Kier molecular flexibility index (Phi) is 4.59. The third-order valence-electron chi connectivity index (χ3n) is 7.02.